The molecule has 27 heavy (non-hydrogen) atoms. The number of nitrogens with zero attached hydrogens (tertiary/aromatic N) is 2. The molecule has 128 valence electrons. The van der Waals surface area contributed by atoms with Crippen molar-refractivity contribution in [1.29, 1.82) is 0 Å². The third kappa shape index (κ3) is 2.82. The first kappa shape index (κ1) is 15.9. The van der Waals surface area contributed by atoms with Crippen LogP contribution in [0.4, 0.5) is 0 Å². The lowest BCUT2D eigenvalue weighted by molar-refractivity contribution is 1.56. The van der Waals surface area contributed by atoms with E-state index in [2.05, 4.69) is 83.2 Å². The third-order valence-electron chi connectivity index (χ3n) is 4.77. The number of hydrogen-bond acceptors (Lipinski definition) is 3. The average Bonchev–Trinajstić information content (AvgIpc) is 3.24. The topological polar surface area (TPSA) is 25.8 Å². The molecular formula is C24H16N2S. The fourth-order valence-electron chi connectivity index (χ4n) is 3.52. The molecule has 1 aromatic heterocycles. The van der Waals surface area contributed by atoms with Gasteiger partial charge in [0.2, 0.25) is 0 Å². The average molecular weight is 364 g/mol. The summed E-state index contributed by atoms with van der Waals surface area (Å²) < 4.78 is 9.34. The van der Waals surface area contributed by atoms with E-state index in [4.69, 9.17) is 4.37 Å². The molecule has 3 heteroatoms. The van der Waals surface area contributed by atoms with Crippen LogP contribution in [0.1, 0.15) is 0 Å². The van der Waals surface area contributed by atoms with Crippen LogP contribution in [0.3, 0.4) is 0 Å². The van der Waals surface area contributed by atoms with Crippen molar-refractivity contribution in [3.05, 3.63) is 97.1 Å². The van der Waals surface area contributed by atoms with Gasteiger partial charge in [0.05, 0.1) is 11.7 Å². The van der Waals surface area contributed by atoms with Gasteiger partial charge >= 0.3 is 0 Å². The van der Waals surface area contributed by atoms with E-state index in [1.54, 1.807) is 0 Å². The zero-order valence-electron chi connectivity index (χ0n) is 14.5. The Hall–Kier alpha value is -3.30. The van der Waals surface area contributed by atoms with Gasteiger partial charge in [-0.1, -0.05) is 91.0 Å². The Morgan fingerprint density at radius 3 is 1.56 bits per heavy atom. The van der Waals surface area contributed by atoms with Crippen molar-refractivity contribution in [3.63, 3.8) is 0 Å². The zero-order chi connectivity index (χ0) is 18.1. The second-order valence-corrected chi connectivity index (χ2v) is 6.93. The summed E-state index contributed by atoms with van der Waals surface area (Å²) >= 11 is 1.27. The van der Waals surface area contributed by atoms with Crippen molar-refractivity contribution in [1.82, 2.24) is 8.75 Å². The Balaban J connectivity index is 1.90. The van der Waals surface area contributed by atoms with E-state index < -0.39 is 0 Å². The minimum Gasteiger partial charge on any atom is -0.172 e. The molecule has 5 rings (SSSR count). The Morgan fingerprint density at radius 1 is 0.481 bits per heavy atom. The van der Waals surface area contributed by atoms with Crippen LogP contribution in [0.25, 0.3) is 44.4 Å². The van der Waals surface area contributed by atoms with E-state index in [0.29, 0.717) is 0 Å². The van der Waals surface area contributed by atoms with Crippen molar-refractivity contribution in [2.75, 3.05) is 0 Å². The number of hydrogen-bond donors (Lipinski definition) is 0. The molecule has 0 spiro atoms. The maximum Gasteiger partial charge on any atom is 0.113 e. The van der Waals surface area contributed by atoms with Crippen molar-refractivity contribution >= 4 is 22.8 Å². The standard InChI is InChI=1S/C24H16N2S/c1-4-10-17(11-5-1)20-16-21(18-12-6-2-7-13-18)23-24(26-27-25-23)22(20)19-14-8-3-9-15-19/h1-16H. The van der Waals surface area contributed by atoms with Gasteiger partial charge < -0.3 is 0 Å². The highest BCUT2D eigenvalue weighted by Gasteiger charge is 2.19. The van der Waals surface area contributed by atoms with Crippen LogP contribution in [-0.4, -0.2) is 8.75 Å². The number of benzene rings is 4. The van der Waals surface area contributed by atoms with Crippen LogP contribution < -0.4 is 0 Å². The maximum absolute atomic E-state index is 4.70. The Kier molecular flexibility index (Phi) is 4.00. The quantitative estimate of drug-likeness (QED) is 0.356. The first-order chi connectivity index (χ1) is 13.4. The minimum atomic E-state index is 0.963. The molecule has 5 aromatic rings. The highest BCUT2D eigenvalue weighted by molar-refractivity contribution is 7.00. The van der Waals surface area contributed by atoms with E-state index >= 15 is 0 Å². The second-order valence-electron chi connectivity index (χ2n) is 6.41. The summed E-state index contributed by atoms with van der Waals surface area (Å²) in [5.74, 6) is 0. The molecule has 0 saturated carbocycles. The Bertz CT molecular complexity index is 1200. The highest BCUT2D eigenvalue weighted by atomic mass is 32.1. The van der Waals surface area contributed by atoms with Crippen LogP contribution in [0, 0.1) is 0 Å². The van der Waals surface area contributed by atoms with Crippen molar-refractivity contribution < 1.29 is 0 Å². The zero-order valence-corrected chi connectivity index (χ0v) is 15.4. The largest absolute Gasteiger partial charge is 0.172 e. The minimum absolute atomic E-state index is 0.963. The maximum atomic E-state index is 4.70. The molecule has 0 amide bonds. The molecule has 0 atom stereocenters. The summed E-state index contributed by atoms with van der Waals surface area (Å²) in [6, 6.07) is 33.7. The van der Waals surface area contributed by atoms with Crippen molar-refractivity contribution in [3.8, 4) is 33.4 Å². The smallest absolute Gasteiger partial charge is 0.113 e. The van der Waals surface area contributed by atoms with E-state index in [-0.39, 0.29) is 0 Å². The molecular weight excluding hydrogens is 348 g/mol. The summed E-state index contributed by atoms with van der Waals surface area (Å²) in [6.07, 6.45) is 0. The first-order valence-electron chi connectivity index (χ1n) is 8.87. The van der Waals surface area contributed by atoms with Crippen molar-refractivity contribution in [2.45, 2.75) is 0 Å². The van der Waals surface area contributed by atoms with Gasteiger partial charge in [0.1, 0.15) is 11.0 Å². The number of rotatable bonds is 3. The molecule has 0 N–H and O–H groups in total. The molecule has 0 saturated heterocycles. The molecule has 0 fully saturated rings. The Labute approximate surface area is 162 Å². The summed E-state index contributed by atoms with van der Waals surface area (Å²) in [4.78, 5) is 0. The van der Waals surface area contributed by atoms with Crippen molar-refractivity contribution in [2.24, 2.45) is 0 Å². The second kappa shape index (κ2) is 6.78. The van der Waals surface area contributed by atoms with Crippen LogP contribution in [0.5, 0.6) is 0 Å². The molecule has 1 heterocycles. The Morgan fingerprint density at radius 2 is 0.963 bits per heavy atom. The molecule has 2 nitrogen and oxygen atoms in total. The fraction of sp³-hybridized carbons (Fsp3) is 0. The van der Waals surface area contributed by atoms with Gasteiger partial charge in [-0.05, 0) is 28.3 Å². The lowest BCUT2D eigenvalue weighted by Gasteiger charge is -2.14. The van der Waals surface area contributed by atoms with Gasteiger partial charge in [-0.2, -0.15) is 8.75 Å². The molecule has 0 bridgehead atoms. The SMILES string of the molecule is c1ccc(-c2cc(-c3ccccc3)c3nsnc3c2-c2ccccc2)cc1. The van der Waals surface area contributed by atoms with Gasteiger partial charge in [-0.15, -0.1) is 0 Å². The summed E-state index contributed by atoms with van der Waals surface area (Å²) in [6.45, 7) is 0. The summed E-state index contributed by atoms with van der Waals surface area (Å²) in [5.41, 5.74) is 8.88. The highest BCUT2D eigenvalue weighted by Crippen LogP contribution is 2.42. The summed E-state index contributed by atoms with van der Waals surface area (Å²) in [5, 5.41) is 0. The van der Waals surface area contributed by atoms with Crippen LogP contribution in [0.15, 0.2) is 97.1 Å². The van der Waals surface area contributed by atoms with Gasteiger partial charge in [-0.3, -0.25) is 0 Å². The number of fused-ring (bicyclic) bond motifs is 1. The normalized spacial score (nSPS) is 11.0. The number of aromatic nitrogens is 2. The molecule has 0 radical (unpaired) electrons. The van der Waals surface area contributed by atoms with E-state index in [0.717, 1.165) is 33.3 Å². The van der Waals surface area contributed by atoms with Crippen LogP contribution in [0.2, 0.25) is 0 Å². The molecule has 0 aliphatic heterocycles. The molecule has 0 aliphatic rings. The van der Waals surface area contributed by atoms with Crippen LogP contribution >= 0.6 is 11.7 Å². The van der Waals surface area contributed by atoms with Gasteiger partial charge in [0.25, 0.3) is 0 Å². The fourth-order valence-corrected chi connectivity index (χ4v) is 4.09. The molecule has 0 aliphatic carbocycles. The van der Waals surface area contributed by atoms with E-state index in [9.17, 15) is 0 Å². The predicted molar refractivity (Wildman–Crippen MR) is 114 cm³/mol. The van der Waals surface area contributed by atoms with Gasteiger partial charge in [0.15, 0.2) is 0 Å². The predicted octanol–water partition coefficient (Wildman–Crippen LogP) is 6.69. The van der Waals surface area contributed by atoms with E-state index in [1.807, 2.05) is 18.2 Å². The first-order valence-corrected chi connectivity index (χ1v) is 9.60. The molecule has 4 aromatic carbocycles. The van der Waals surface area contributed by atoms with Gasteiger partial charge in [-0.25, -0.2) is 0 Å². The van der Waals surface area contributed by atoms with E-state index in [1.165, 1.54) is 22.9 Å². The van der Waals surface area contributed by atoms with Gasteiger partial charge in [0, 0.05) is 11.1 Å². The third-order valence-corrected chi connectivity index (χ3v) is 5.30. The lowest BCUT2D eigenvalue weighted by atomic mass is 9.89. The monoisotopic (exact) mass is 364 g/mol. The van der Waals surface area contributed by atoms with Crippen LogP contribution in [-0.2, 0) is 0 Å². The summed E-state index contributed by atoms with van der Waals surface area (Å²) in [7, 11) is 0. The molecule has 0 unspecified atom stereocenters. The lowest BCUT2D eigenvalue weighted by Crippen LogP contribution is -1.91.